The number of hydrogen-bond donors (Lipinski definition) is 1. The van der Waals surface area contributed by atoms with E-state index in [-0.39, 0.29) is 33.0 Å². The quantitative estimate of drug-likeness (QED) is 0.349. The Morgan fingerprint density at radius 3 is 2.63 bits per heavy atom. The third-order valence-corrected chi connectivity index (χ3v) is 5.84. The van der Waals surface area contributed by atoms with Crippen molar-refractivity contribution < 1.29 is 32.2 Å². The van der Waals surface area contributed by atoms with Gasteiger partial charge in [0, 0.05) is 29.3 Å². The Kier molecular flexibility index (Phi) is 6.74. The number of rotatable bonds is 7. The molecule has 12 heteroatoms. The third kappa shape index (κ3) is 4.97. The van der Waals surface area contributed by atoms with E-state index in [4.69, 9.17) is 9.47 Å². The highest BCUT2D eigenvalue weighted by molar-refractivity contribution is 7.14. The van der Waals surface area contributed by atoms with Gasteiger partial charge in [-0.3, -0.25) is 14.9 Å². The lowest BCUT2D eigenvalue weighted by Gasteiger charge is -2.12. The van der Waals surface area contributed by atoms with Crippen LogP contribution in [0.1, 0.15) is 48.0 Å². The van der Waals surface area contributed by atoms with Crippen molar-refractivity contribution in [1.29, 1.82) is 0 Å². The number of halogens is 3. The van der Waals surface area contributed by atoms with E-state index >= 15 is 4.39 Å². The molecular formula is C23H19F3N4O4S. The number of esters is 1. The number of aromatic nitrogens is 3. The van der Waals surface area contributed by atoms with Gasteiger partial charge in [0.15, 0.2) is 10.8 Å². The summed E-state index contributed by atoms with van der Waals surface area (Å²) in [7, 11) is 1.35. The van der Waals surface area contributed by atoms with Gasteiger partial charge in [0.25, 0.3) is 5.91 Å². The molecule has 0 aliphatic heterocycles. The maximum Gasteiger partial charge on any atom is 0.303 e. The molecule has 0 spiro atoms. The van der Waals surface area contributed by atoms with Gasteiger partial charge in [-0.15, -0.1) is 11.3 Å². The summed E-state index contributed by atoms with van der Waals surface area (Å²) in [6, 6.07) is 7.00. The predicted octanol–water partition coefficient (Wildman–Crippen LogP) is 5.17. The number of fused-ring (bicyclic) bond motifs is 1. The summed E-state index contributed by atoms with van der Waals surface area (Å²) >= 11 is 1.07. The minimum atomic E-state index is -2.11. The van der Waals surface area contributed by atoms with Crippen molar-refractivity contribution in [3.8, 4) is 5.75 Å². The van der Waals surface area contributed by atoms with Gasteiger partial charge < -0.3 is 9.47 Å². The number of alkyl halides is 1. The summed E-state index contributed by atoms with van der Waals surface area (Å²) < 4.78 is 54.7. The van der Waals surface area contributed by atoms with Crippen LogP contribution in [0.4, 0.5) is 18.3 Å². The SMILES string of the molecule is COc1ccc(C(F)n2nc(C(=O)Nc3nc(C(C)OC(C)=O)cs3)c3cc(F)ccc32)c(F)c1. The molecule has 0 saturated carbocycles. The summed E-state index contributed by atoms with van der Waals surface area (Å²) in [6.45, 7) is 2.89. The first kappa shape index (κ1) is 24.2. The van der Waals surface area contributed by atoms with Crippen molar-refractivity contribution in [1.82, 2.24) is 14.8 Å². The Balaban J connectivity index is 1.67. The van der Waals surface area contributed by atoms with Crippen LogP contribution in [0.2, 0.25) is 0 Å². The van der Waals surface area contributed by atoms with Crippen molar-refractivity contribution in [3.05, 3.63) is 70.4 Å². The van der Waals surface area contributed by atoms with Crippen LogP contribution in [0.15, 0.2) is 41.8 Å². The van der Waals surface area contributed by atoms with Gasteiger partial charge in [0.2, 0.25) is 6.30 Å². The molecule has 0 aliphatic carbocycles. The highest BCUT2D eigenvalue weighted by Crippen LogP contribution is 2.31. The molecule has 8 nitrogen and oxygen atoms in total. The maximum absolute atomic E-state index is 15.4. The molecule has 4 aromatic rings. The number of benzene rings is 2. The van der Waals surface area contributed by atoms with Crippen LogP contribution in [0.5, 0.6) is 5.75 Å². The van der Waals surface area contributed by atoms with Crippen molar-refractivity contribution in [2.75, 3.05) is 12.4 Å². The van der Waals surface area contributed by atoms with Gasteiger partial charge in [-0.25, -0.2) is 22.8 Å². The molecule has 0 fully saturated rings. The average molecular weight is 504 g/mol. The molecule has 2 aromatic carbocycles. The highest BCUT2D eigenvalue weighted by atomic mass is 32.1. The third-order valence-electron chi connectivity index (χ3n) is 5.06. The lowest BCUT2D eigenvalue weighted by atomic mass is 10.1. The summed E-state index contributed by atoms with van der Waals surface area (Å²) in [4.78, 5) is 28.3. The fraction of sp³-hybridized carbons (Fsp3) is 0.217. The van der Waals surface area contributed by atoms with Crippen molar-refractivity contribution in [2.24, 2.45) is 0 Å². The molecule has 0 saturated heterocycles. The molecule has 4 rings (SSSR count). The van der Waals surface area contributed by atoms with Gasteiger partial charge in [-0.1, -0.05) is 0 Å². The monoisotopic (exact) mass is 504 g/mol. The van der Waals surface area contributed by atoms with Crippen LogP contribution in [-0.4, -0.2) is 33.8 Å². The highest BCUT2D eigenvalue weighted by Gasteiger charge is 2.26. The van der Waals surface area contributed by atoms with E-state index in [1.54, 1.807) is 12.3 Å². The first-order chi connectivity index (χ1) is 16.7. The Morgan fingerprint density at radius 1 is 1.17 bits per heavy atom. The van der Waals surface area contributed by atoms with E-state index in [1.807, 2.05) is 0 Å². The van der Waals surface area contributed by atoms with Crippen molar-refractivity contribution in [3.63, 3.8) is 0 Å². The van der Waals surface area contributed by atoms with Crippen molar-refractivity contribution >= 4 is 39.2 Å². The topological polar surface area (TPSA) is 95.3 Å². The molecule has 182 valence electrons. The lowest BCUT2D eigenvalue weighted by molar-refractivity contribution is -0.145. The molecule has 2 atom stereocenters. The molecule has 0 radical (unpaired) electrons. The fourth-order valence-electron chi connectivity index (χ4n) is 3.41. The van der Waals surface area contributed by atoms with E-state index in [0.717, 1.165) is 34.2 Å². The molecule has 1 N–H and O–H groups in total. The van der Waals surface area contributed by atoms with Crippen LogP contribution < -0.4 is 10.1 Å². The number of methoxy groups -OCH3 is 1. The van der Waals surface area contributed by atoms with Crippen LogP contribution in [0.25, 0.3) is 10.9 Å². The van der Waals surface area contributed by atoms with Crippen molar-refractivity contribution in [2.45, 2.75) is 26.2 Å². The summed E-state index contributed by atoms with van der Waals surface area (Å²) in [5.41, 5.74) is -0.111. The first-order valence-electron chi connectivity index (χ1n) is 10.3. The van der Waals surface area contributed by atoms with E-state index in [1.165, 1.54) is 32.2 Å². The first-order valence-corrected chi connectivity index (χ1v) is 11.1. The minimum absolute atomic E-state index is 0.0316. The van der Waals surface area contributed by atoms with Crippen LogP contribution in [0.3, 0.4) is 0 Å². The Bertz CT molecular complexity index is 1420. The number of nitrogens with zero attached hydrogens (tertiary/aromatic N) is 3. The number of thiazole rings is 1. The number of hydrogen-bond acceptors (Lipinski definition) is 7. The molecule has 2 aromatic heterocycles. The minimum Gasteiger partial charge on any atom is -0.497 e. The zero-order valence-corrected chi connectivity index (χ0v) is 19.5. The zero-order valence-electron chi connectivity index (χ0n) is 18.7. The van der Waals surface area contributed by atoms with E-state index in [0.29, 0.717) is 5.69 Å². The predicted molar refractivity (Wildman–Crippen MR) is 122 cm³/mol. The normalized spacial score (nSPS) is 12.9. The Morgan fingerprint density at radius 2 is 1.94 bits per heavy atom. The van der Waals surface area contributed by atoms with Gasteiger partial charge in [-0.2, -0.15) is 5.10 Å². The van der Waals surface area contributed by atoms with E-state index in [2.05, 4.69) is 15.4 Å². The maximum atomic E-state index is 15.4. The summed E-state index contributed by atoms with van der Waals surface area (Å²) in [5.74, 6) is -2.58. The number of nitrogens with one attached hydrogen (secondary N) is 1. The molecule has 2 unspecified atom stereocenters. The number of anilines is 1. The summed E-state index contributed by atoms with van der Waals surface area (Å²) in [6.07, 6.45) is -2.73. The number of amides is 1. The van der Waals surface area contributed by atoms with Gasteiger partial charge >= 0.3 is 5.97 Å². The van der Waals surface area contributed by atoms with Gasteiger partial charge in [-0.05, 0) is 37.3 Å². The second-order valence-electron chi connectivity index (χ2n) is 7.46. The molecular weight excluding hydrogens is 485 g/mol. The fourth-order valence-corrected chi connectivity index (χ4v) is 4.20. The standard InChI is InChI=1S/C23H19F3N4O4S/c1-11(34-12(2)31)18-10-35-23(27-18)28-22(32)20-16-8-13(24)4-7-19(16)30(29-20)21(26)15-6-5-14(33-3)9-17(15)25/h4-11,21H,1-3H3,(H,27,28,32). The average Bonchev–Trinajstić information content (AvgIpc) is 3.42. The number of ether oxygens (including phenoxy) is 2. The van der Waals surface area contributed by atoms with Crippen LogP contribution >= 0.6 is 11.3 Å². The lowest BCUT2D eigenvalue weighted by Crippen LogP contribution is -2.15. The number of carbonyl (C=O) groups excluding carboxylic acids is 2. The second kappa shape index (κ2) is 9.74. The van der Waals surface area contributed by atoms with Gasteiger partial charge in [0.05, 0.1) is 18.3 Å². The largest absolute Gasteiger partial charge is 0.497 e. The Labute approximate surface area is 201 Å². The molecule has 1 amide bonds. The van der Waals surface area contributed by atoms with Crippen LogP contribution in [0, 0.1) is 11.6 Å². The van der Waals surface area contributed by atoms with Gasteiger partial charge in [0.1, 0.15) is 23.5 Å². The summed E-state index contributed by atoms with van der Waals surface area (Å²) in [5, 5.41) is 8.37. The zero-order chi connectivity index (χ0) is 25.3. The number of carbonyl (C=O) groups is 2. The Hall–Kier alpha value is -3.93. The molecule has 2 heterocycles. The van der Waals surface area contributed by atoms with E-state index < -0.39 is 35.9 Å². The second-order valence-corrected chi connectivity index (χ2v) is 8.32. The molecule has 0 bridgehead atoms. The molecule has 35 heavy (non-hydrogen) atoms. The smallest absolute Gasteiger partial charge is 0.303 e. The van der Waals surface area contributed by atoms with E-state index in [9.17, 15) is 18.4 Å². The molecule has 0 aliphatic rings. The van der Waals surface area contributed by atoms with Crippen LogP contribution in [-0.2, 0) is 9.53 Å².